The lowest BCUT2D eigenvalue weighted by atomic mass is 10.2. The summed E-state index contributed by atoms with van der Waals surface area (Å²) in [5.41, 5.74) is 6.10. The Morgan fingerprint density at radius 2 is 2.21 bits per heavy atom. The average molecular weight is 284 g/mol. The maximum Gasteiger partial charge on any atom is 0.244 e. The largest absolute Gasteiger partial charge is 0.495 e. The number of rotatable bonds is 6. The fourth-order valence-corrected chi connectivity index (χ4v) is 3.72. The van der Waals surface area contributed by atoms with E-state index in [1.165, 1.54) is 19.2 Å². The van der Waals surface area contributed by atoms with Crippen LogP contribution in [0.25, 0.3) is 0 Å². The molecule has 0 heterocycles. The van der Waals surface area contributed by atoms with Crippen LogP contribution in [0.3, 0.4) is 0 Å². The summed E-state index contributed by atoms with van der Waals surface area (Å²) in [6.07, 6.45) is 3.06. The van der Waals surface area contributed by atoms with Gasteiger partial charge in [-0.25, -0.2) is 13.1 Å². The molecular weight excluding hydrogens is 264 g/mol. The maximum atomic E-state index is 12.3. The fourth-order valence-electron chi connectivity index (χ4n) is 2.25. The lowest BCUT2D eigenvalue weighted by Gasteiger charge is -2.11. The Hall–Kier alpha value is -1.27. The Balaban J connectivity index is 2.16. The normalized spacial score (nSPS) is 22.2. The molecule has 1 fully saturated rings. The number of hydrogen-bond acceptors (Lipinski definition) is 4. The van der Waals surface area contributed by atoms with Crippen molar-refractivity contribution < 1.29 is 13.2 Å². The molecule has 5 nitrogen and oxygen atoms in total. The van der Waals surface area contributed by atoms with Crippen LogP contribution in [0.4, 0.5) is 5.69 Å². The second-order valence-electron chi connectivity index (χ2n) is 4.92. The van der Waals surface area contributed by atoms with E-state index in [0.29, 0.717) is 11.6 Å². The number of anilines is 1. The van der Waals surface area contributed by atoms with E-state index < -0.39 is 10.0 Å². The molecule has 1 saturated carbocycles. The van der Waals surface area contributed by atoms with Crippen LogP contribution >= 0.6 is 0 Å². The monoisotopic (exact) mass is 284 g/mol. The van der Waals surface area contributed by atoms with Gasteiger partial charge in [-0.2, -0.15) is 0 Å². The van der Waals surface area contributed by atoms with Crippen molar-refractivity contribution in [3.63, 3.8) is 0 Å². The summed E-state index contributed by atoms with van der Waals surface area (Å²) in [5, 5.41) is 0. The van der Waals surface area contributed by atoms with E-state index >= 15 is 0 Å². The highest BCUT2D eigenvalue weighted by Gasteiger charge is 2.39. The van der Waals surface area contributed by atoms with Crippen molar-refractivity contribution in [2.75, 3.05) is 12.8 Å². The third-order valence-electron chi connectivity index (χ3n) is 3.37. The van der Waals surface area contributed by atoms with Crippen molar-refractivity contribution in [3.05, 3.63) is 18.2 Å². The highest BCUT2D eigenvalue weighted by Crippen LogP contribution is 2.36. The number of benzene rings is 1. The molecule has 19 heavy (non-hydrogen) atoms. The van der Waals surface area contributed by atoms with Crippen LogP contribution in [0, 0.1) is 5.92 Å². The van der Waals surface area contributed by atoms with Gasteiger partial charge >= 0.3 is 0 Å². The predicted molar refractivity (Wildman–Crippen MR) is 74.5 cm³/mol. The van der Waals surface area contributed by atoms with E-state index in [1.54, 1.807) is 6.07 Å². The number of ether oxygens (including phenoxy) is 1. The average Bonchev–Trinajstić information content (AvgIpc) is 3.06. The number of sulfonamides is 1. The summed E-state index contributed by atoms with van der Waals surface area (Å²) in [6, 6.07) is 4.62. The molecule has 0 aliphatic heterocycles. The maximum absolute atomic E-state index is 12.3. The van der Waals surface area contributed by atoms with Crippen LogP contribution < -0.4 is 15.2 Å². The highest BCUT2D eigenvalue weighted by atomic mass is 32.2. The van der Waals surface area contributed by atoms with Gasteiger partial charge in [0.2, 0.25) is 10.0 Å². The molecule has 2 rings (SSSR count). The van der Waals surface area contributed by atoms with E-state index in [0.717, 1.165) is 19.3 Å². The van der Waals surface area contributed by atoms with Crippen molar-refractivity contribution in [3.8, 4) is 5.75 Å². The van der Waals surface area contributed by atoms with Crippen LogP contribution in [-0.4, -0.2) is 21.6 Å². The van der Waals surface area contributed by atoms with Gasteiger partial charge in [0.05, 0.1) is 7.11 Å². The van der Waals surface area contributed by atoms with Gasteiger partial charge in [-0.3, -0.25) is 0 Å². The molecule has 0 amide bonds. The summed E-state index contributed by atoms with van der Waals surface area (Å²) >= 11 is 0. The van der Waals surface area contributed by atoms with Gasteiger partial charge in [-0.05, 0) is 30.9 Å². The third kappa shape index (κ3) is 3.19. The Bertz CT molecular complexity index is 557. The first kappa shape index (κ1) is 14.1. The van der Waals surface area contributed by atoms with Gasteiger partial charge in [0, 0.05) is 17.8 Å². The van der Waals surface area contributed by atoms with E-state index in [4.69, 9.17) is 10.5 Å². The predicted octanol–water partition coefficient (Wildman–Crippen LogP) is 1.74. The van der Waals surface area contributed by atoms with Gasteiger partial charge in [0.25, 0.3) is 0 Å². The zero-order valence-corrected chi connectivity index (χ0v) is 12.0. The topological polar surface area (TPSA) is 81.4 Å². The number of methoxy groups -OCH3 is 1. The lowest BCUT2D eigenvalue weighted by Crippen LogP contribution is -2.27. The first-order valence-corrected chi connectivity index (χ1v) is 7.92. The standard InChI is InChI=1S/C13H20N2O3S/c1-3-4-9-7-11(9)15-19(16,17)13-6-5-10(14)8-12(13)18-2/h5-6,8-9,11,15H,3-4,7,14H2,1-2H3. The van der Waals surface area contributed by atoms with Crippen LogP contribution in [-0.2, 0) is 10.0 Å². The lowest BCUT2D eigenvalue weighted by molar-refractivity contribution is 0.402. The first-order chi connectivity index (χ1) is 8.97. The highest BCUT2D eigenvalue weighted by molar-refractivity contribution is 7.89. The molecule has 0 radical (unpaired) electrons. The SMILES string of the molecule is CCCC1CC1NS(=O)(=O)c1ccc(N)cc1OC. The number of hydrogen-bond donors (Lipinski definition) is 2. The van der Waals surface area contributed by atoms with Gasteiger partial charge < -0.3 is 10.5 Å². The van der Waals surface area contributed by atoms with Gasteiger partial charge in [-0.1, -0.05) is 13.3 Å². The van der Waals surface area contributed by atoms with Gasteiger partial charge in [0.1, 0.15) is 10.6 Å². The molecule has 2 atom stereocenters. The molecule has 1 aromatic rings. The van der Waals surface area contributed by atoms with Crippen molar-refractivity contribution >= 4 is 15.7 Å². The van der Waals surface area contributed by atoms with E-state index in [-0.39, 0.29) is 16.7 Å². The van der Waals surface area contributed by atoms with Crippen LogP contribution in [0.15, 0.2) is 23.1 Å². The van der Waals surface area contributed by atoms with Gasteiger partial charge in [0.15, 0.2) is 0 Å². The molecule has 106 valence electrons. The number of nitrogen functional groups attached to an aromatic ring is 1. The van der Waals surface area contributed by atoms with E-state index in [2.05, 4.69) is 11.6 Å². The molecule has 0 saturated heterocycles. The summed E-state index contributed by atoms with van der Waals surface area (Å²) in [5.74, 6) is 0.750. The van der Waals surface area contributed by atoms with Crippen molar-refractivity contribution in [1.82, 2.24) is 4.72 Å². The Morgan fingerprint density at radius 3 is 2.84 bits per heavy atom. The second-order valence-corrected chi connectivity index (χ2v) is 6.60. The van der Waals surface area contributed by atoms with E-state index in [9.17, 15) is 8.42 Å². The number of nitrogens with two attached hydrogens (primary N) is 1. The molecule has 0 aromatic heterocycles. The zero-order valence-electron chi connectivity index (χ0n) is 11.2. The Labute approximate surface area is 114 Å². The number of nitrogens with one attached hydrogen (secondary N) is 1. The zero-order chi connectivity index (χ0) is 14.0. The third-order valence-corrected chi connectivity index (χ3v) is 4.90. The summed E-state index contributed by atoms with van der Waals surface area (Å²) in [6.45, 7) is 2.10. The molecule has 3 N–H and O–H groups in total. The van der Waals surface area contributed by atoms with Crippen molar-refractivity contribution in [1.29, 1.82) is 0 Å². The fraction of sp³-hybridized carbons (Fsp3) is 0.538. The van der Waals surface area contributed by atoms with E-state index in [1.807, 2.05) is 0 Å². The second kappa shape index (κ2) is 5.38. The molecule has 1 aliphatic carbocycles. The van der Waals surface area contributed by atoms with Crippen LogP contribution in [0.1, 0.15) is 26.2 Å². The molecule has 1 aliphatic rings. The molecule has 6 heteroatoms. The Morgan fingerprint density at radius 1 is 1.47 bits per heavy atom. The minimum Gasteiger partial charge on any atom is -0.495 e. The minimum absolute atomic E-state index is 0.0622. The molecule has 0 spiro atoms. The molecule has 1 aromatic carbocycles. The summed E-state index contributed by atoms with van der Waals surface area (Å²) in [4.78, 5) is 0.145. The van der Waals surface area contributed by atoms with Crippen molar-refractivity contribution in [2.45, 2.75) is 37.1 Å². The first-order valence-electron chi connectivity index (χ1n) is 6.43. The van der Waals surface area contributed by atoms with Crippen molar-refractivity contribution in [2.24, 2.45) is 5.92 Å². The van der Waals surface area contributed by atoms with Gasteiger partial charge in [-0.15, -0.1) is 0 Å². The quantitative estimate of drug-likeness (QED) is 0.780. The Kier molecular flexibility index (Phi) is 4.01. The molecule has 0 bridgehead atoms. The molecule has 2 unspecified atom stereocenters. The smallest absolute Gasteiger partial charge is 0.244 e. The van der Waals surface area contributed by atoms with Crippen LogP contribution in [0.5, 0.6) is 5.75 Å². The molecular formula is C13H20N2O3S. The summed E-state index contributed by atoms with van der Waals surface area (Å²) < 4.78 is 32.4. The minimum atomic E-state index is -3.54. The summed E-state index contributed by atoms with van der Waals surface area (Å²) in [7, 11) is -2.10. The van der Waals surface area contributed by atoms with Crippen LogP contribution in [0.2, 0.25) is 0 Å².